The second-order valence-electron chi connectivity index (χ2n) is 12.9. The number of carbonyl (C=O) groups excluding carboxylic acids is 2. The number of likely N-dealkylation sites (tertiary alicyclic amines) is 1. The average Bonchev–Trinajstić information content (AvgIpc) is 3.85. The molecule has 1 atom stereocenters. The monoisotopic (exact) mass is 713 g/mol. The van der Waals surface area contributed by atoms with Crippen molar-refractivity contribution in [3.63, 3.8) is 0 Å². The number of halogens is 2. The highest BCUT2D eigenvalue weighted by atomic mass is 35.5. The largest absolute Gasteiger partial charge is 0.492 e. The number of ether oxygens (including phenoxy) is 3. The van der Waals surface area contributed by atoms with E-state index < -0.39 is 5.97 Å². The number of thiophene rings is 1. The van der Waals surface area contributed by atoms with Crippen LogP contribution in [-0.4, -0.2) is 49.0 Å². The molecule has 1 saturated carbocycles. The molecule has 1 unspecified atom stereocenters. The molecule has 9 heteroatoms. The van der Waals surface area contributed by atoms with Gasteiger partial charge in [-0.05, 0) is 135 Å². The van der Waals surface area contributed by atoms with Gasteiger partial charge in [0.25, 0.3) is 0 Å². The Labute approximate surface area is 300 Å². The minimum Gasteiger partial charge on any atom is -0.492 e. The molecule has 0 amide bonds. The lowest BCUT2D eigenvalue weighted by atomic mass is 9.97. The van der Waals surface area contributed by atoms with E-state index in [1.54, 1.807) is 29.5 Å². The molecule has 2 aliphatic rings. The number of carbonyl (C=O) groups is 2. The lowest BCUT2D eigenvalue weighted by Gasteiger charge is -2.15. The molecule has 252 valence electrons. The molecule has 0 radical (unpaired) electrons. The Bertz CT molecular complexity index is 1970. The first-order chi connectivity index (χ1) is 23.8. The van der Waals surface area contributed by atoms with Crippen molar-refractivity contribution in [2.45, 2.75) is 45.1 Å². The molecule has 49 heavy (non-hydrogen) atoms. The Balaban J connectivity index is 1.14. The first kappa shape index (κ1) is 33.6. The van der Waals surface area contributed by atoms with Crippen molar-refractivity contribution in [1.82, 2.24) is 4.90 Å². The third-order valence-electron chi connectivity index (χ3n) is 9.27. The molecule has 0 spiro atoms. The number of benzene rings is 4. The fourth-order valence-corrected chi connectivity index (χ4v) is 8.36. The van der Waals surface area contributed by atoms with Gasteiger partial charge < -0.3 is 14.2 Å². The van der Waals surface area contributed by atoms with Gasteiger partial charge in [0.05, 0.1) is 16.7 Å². The summed E-state index contributed by atoms with van der Waals surface area (Å²) in [7, 11) is 0. The van der Waals surface area contributed by atoms with Crippen LogP contribution in [-0.2, 0) is 0 Å². The molecule has 0 N–H and O–H groups in total. The molecule has 4 aromatic carbocycles. The fraction of sp³-hybridized carbons (Fsp3) is 0.300. The van der Waals surface area contributed by atoms with E-state index in [2.05, 4.69) is 11.8 Å². The lowest BCUT2D eigenvalue weighted by molar-refractivity contribution is 0.0734. The number of ketones is 1. The predicted octanol–water partition coefficient (Wildman–Crippen LogP) is 10.4. The normalized spacial score (nSPS) is 16.7. The van der Waals surface area contributed by atoms with Crippen LogP contribution in [0, 0.1) is 5.92 Å². The van der Waals surface area contributed by atoms with Crippen LogP contribution in [0.2, 0.25) is 10.0 Å². The van der Waals surface area contributed by atoms with Crippen LogP contribution in [0.25, 0.3) is 20.5 Å². The molecule has 5 aromatic rings. The Morgan fingerprint density at radius 1 is 0.857 bits per heavy atom. The summed E-state index contributed by atoms with van der Waals surface area (Å²) in [4.78, 5) is 30.3. The van der Waals surface area contributed by atoms with Crippen molar-refractivity contribution in [3.8, 4) is 27.7 Å². The molecule has 2 fully saturated rings. The zero-order valence-corrected chi connectivity index (χ0v) is 29.6. The van der Waals surface area contributed by atoms with E-state index in [9.17, 15) is 9.59 Å². The van der Waals surface area contributed by atoms with Gasteiger partial charge in [0, 0.05) is 44.2 Å². The highest BCUT2D eigenvalue weighted by molar-refractivity contribution is 7.22. The number of rotatable bonds is 11. The van der Waals surface area contributed by atoms with Gasteiger partial charge in [-0.1, -0.05) is 30.1 Å². The van der Waals surface area contributed by atoms with Crippen LogP contribution >= 0.6 is 34.5 Å². The lowest BCUT2D eigenvalue weighted by Crippen LogP contribution is -2.25. The SMILES string of the molecule is CC1CCN(CCOc2ccc(C(=O)c3c(-c4ccc(OC(=O)c5ccc(Cl)cc5Cl)cc4)sc4cc(OC5CCCC5)ccc34)cc2)C1. The van der Waals surface area contributed by atoms with Gasteiger partial charge in [0.2, 0.25) is 0 Å². The van der Waals surface area contributed by atoms with Crippen LogP contribution in [0.3, 0.4) is 0 Å². The average molecular weight is 715 g/mol. The molecule has 0 bridgehead atoms. The Hall–Kier alpha value is -3.88. The maximum absolute atomic E-state index is 14.3. The van der Waals surface area contributed by atoms with Gasteiger partial charge in [0.1, 0.15) is 23.9 Å². The summed E-state index contributed by atoms with van der Waals surface area (Å²) in [6, 6.07) is 25.2. The first-order valence-electron chi connectivity index (χ1n) is 16.8. The van der Waals surface area contributed by atoms with E-state index in [0.29, 0.717) is 28.5 Å². The summed E-state index contributed by atoms with van der Waals surface area (Å²) in [5.41, 5.74) is 2.27. The number of hydrogen-bond acceptors (Lipinski definition) is 7. The molecule has 6 nitrogen and oxygen atoms in total. The number of nitrogens with zero attached hydrogens (tertiary/aromatic N) is 1. The maximum atomic E-state index is 14.3. The van der Waals surface area contributed by atoms with Gasteiger partial charge in [-0.2, -0.15) is 0 Å². The van der Waals surface area contributed by atoms with E-state index in [0.717, 1.165) is 70.4 Å². The second kappa shape index (κ2) is 14.9. The van der Waals surface area contributed by atoms with Gasteiger partial charge in [-0.25, -0.2) is 4.79 Å². The third kappa shape index (κ3) is 7.81. The van der Waals surface area contributed by atoms with Crippen LogP contribution in [0.1, 0.15) is 65.3 Å². The molecular formula is C40H37Cl2NO5S. The standard InChI is InChI=1S/C40H37Cl2NO5S/c1-25-18-19-43(24-25)20-21-46-29-11-6-26(7-12-29)38(44)37-34-17-15-32(47-30-4-2-3-5-30)23-36(34)49-39(37)27-8-13-31(14-9-27)48-40(45)33-16-10-28(41)22-35(33)42/h6-17,22-23,25,30H,2-5,18-21,24H2,1H3. The Morgan fingerprint density at radius 2 is 1.59 bits per heavy atom. The molecular weight excluding hydrogens is 677 g/mol. The van der Waals surface area contributed by atoms with Crippen molar-refractivity contribution in [1.29, 1.82) is 0 Å². The van der Waals surface area contributed by atoms with Crippen molar-refractivity contribution in [2.24, 2.45) is 5.92 Å². The molecule has 1 aliphatic heterocycles. The summed E-state index contributed by atoms with van der Waals surface area (Å²) in [5, 5.41) is 1.52. The quantitative estimate of drug-likeness (QED) is 0.0771. The zero-order valence-electron chi connectivity index (χ0n) is 27.3. The molecule has 1 aliphatic carbocycles. The highest BCUT2D eigenvalue weighted by Crippen LogP contribution is 2.42. The minimum atomic E-state index is -0.583. The number of fused-ring (bicyclic) bond motifs is 1. The second-order valence-corrected chi connectivity index (χ2v) is 14.8. The Morgan fingerprint density at radius 3 is 2.31 bits per heavy atom. The summed E-state index contributed by atoms with van der Waals surface area (Å²) in [6.45, 7) is 6.04. The zero-order chi connectivity index (χ0) is 33.9. The minimum absolute atomic E-state index is 0.0730. The van der Waals surface area contributed by atoms with Crippen molar-refractivity contribution < 1.29 is 23.8 Å². The smallest absolute Gasteiger partial charge is 0.345 e. The topological polar surface area (TPSA) is 65.1 Å². The summed E-state index contributed by atoms with van der Waals surface area (Å²) in [5.74, 6) is 2.01. The van der Waals surface area contributed by atoms with Crippen molar-refractivity contribution >= 4 is 56.4 Å². The summed E-state index contributed by atoms with van der Waals surface area (Å²) in [6.07, 6.45) is 5.98. The van der Waals surface area contributed by atoms with Gasteiger partial charge >= 0.3 is 5.97 Å². The van der Waals surface area contributed by atoms with Crippen LogP contribution in [0.5, 0.6) is 17.2 Å². The highest BCUT2D eigenvalue weighted by Gasteiger charge is 2.24. The maximum Gasteiger partial charge on any atom is 0.345 e. The van der Waals surface area contributed by atoms with E-state index in [1.807, 2.05) is 54.6 Å². The van der Waals surface area contributed by atoms with E-state index in [4.69, 9.17) is 37.4 Å². The third-order valence-corrected chi connectivity index (χ3v) is 11.0. The first-order valence-corrected chi connectivity index (χ1v) is 18.4. The van der Waals surface area contributed by atoms with E-state index in [1.165, 1.54) is 31.4 Å². The number of esters is 1. The molecule has 1 saturated heterocycles. The van der Waals surface area contributed by atoms with Crippen molar-refractivity contribution in [2.75, 3.05) is 26.2 Å². The van der Waals surface area contributed by atoms with Crippen LogP contribution < -0.4 is 14.2 Å². The van der Waals surface area contributed by atoms with E-state index in [-0.39, 0.29) is 22.5 Å². The van der Waals surface area contributed by atoms with Crippen LogP contribution in [0.4, 0.5) is 0 Å². The fourth-order valence-electron chi connectivity index (χ4n) is 6.64. The van der Waals surface area contributed by atoms with Gasteiger partial charge in [0.15, 0.2) is 5.78 Å². The van der Waals surface area contributed by atoms with Crippen LogP contribution in [0.15, 0.2) is 84.9 Å². The van der Waals surface area contributed by atoms with Crippen molar-refractivity contribution in [3.05, 3.63) is 112 Å². The Kier molecular flexibility index (Phi) is 10.2. The number of hydrogen-bond donors (Lipinski definition) is 0. The van der Waals surface area contributed by atoms with Gasteiger partial charge in [-0.3, -0.25) is 9.69 Å². The molecule has 1 aromatic heterocycles. The molecule has 2 heterocycles. The van der Waals surface area contributed by atoms with E-state index >= 15 is 0 Å². The summed E-state index contributed by atoms with van der Waals surface area (Å²) >= 11 is 13.8. The predicted molar refractivity (Wildman–Crippen MR) is 197 cm³/mol. The summed E-state index contributed by atoms with van der Waals surface area (Å²) < 4.78 is 18.9. The van der Waals surface area contributed by atoms with Gasteiger partial charge in [-0.15, -0.1) is 11.3 Å². The molecule has 7 rings (SSSR count).